The number of aryl methyl sites for hydroxylation is 2. The van der Waals surface area contributed by atoms with Crippen LogP contribution in [0.15, 0.2) is 54.4 Å². The summed E-state index contributed by atoms with van der Waals surface area (Å²) < 4.78 is 22.3. The maximum Gasteiger partial charge on any atom is 0.259 e. The summed E-state index contributed by atoms with van der Waals surface area (Å²) in [5.41, 5.74) is 5.45. The van der Waals surface area contributed by atoms with Crippen molar-refractivity contribution in [2.75, 3.05) is 113 Å². The molecule has 1 saturated carbocycles. The molecule has 4 heterocycles. The van der Waals surface area contributed by atoms with E-state index in [1.165, 1.54) is 24.2 Å². The lowest BCUT2D eigenvalue weighted by Crippen LogP contribution is -2.49. The number of fused-ring (bicyclic) bond motifs is 1. The number of benzene rings is 1. The molecule has 70 heavy (non-hydrogen) atoms. The summed E-state index contributed by atoms with van der Waals surface area (Å²) in [4.78, 5) is 75.5. The van der Waals surface area contributed by atoms with Crippen molar-refractivity contribution < 1.29 is 38.1 Å². The molecule has 19 heteroatoms. The van der Waals surface area contributed by atoms with Crippen molar-refractivity contribution >= 4 is 69.2 Å². The molecule has 0 spiro atoms. The molecule has 2 unspecified atom stereocenters. The molecule has 3 amide bonds. The molecule has 7 rings (SSSR count). The molecule has 3 aromatic heterocycles. The van der Waals surface area contributed by atoms with Gasteiger partial charge in [0.2, 0.25) is 17.8 Å². The third-order valence-electron chi connectivity index (χ3n) is 12.9. The Kier molecular flexibility index (Phi) is 19.7. The predicted molar refractivity (Wildman–Crippen MR) is 271 cm³/mol. The van der Waals surface area contributed by atoms with Gasteiger partial charge < -0.3 is 39.8 Å². The number of ether oxygens (including phenoxy) is 4. The summed E-state index contributed by atoms with van der Waals surface area (Å²) in [7, 11) is 0. The first-order valence-electron chi connectivity index (χ1n) is 24.6. The number of aromatic nitrogens is 4. The molecule has 376 valence electrons. The highest BCUT2D eigenvalue weighted by molar-refractivity contribution is 7.15. The number of carbonyl (C=O) groups excluding carboxylic acids is 4. The highest BCUT2D eigenvalue weighted by atomic mass is 32.1. The van der Waals surface area contributed by atoms with Crippen LogP contribution >= 0.6 is 11.3 Å². The van der Waals surface area contributed by atoms with E-state index in [-0.39, 0.29) is 48.4 Å². The van der Waals surface area contributed by atoms with Crippen LogP contribution in [-0.4, -0.2) is 140 Å². The number of pyridine rings is 1. The van der Waals surface area contributed by atoms with Gasteiger partial charge >= 0.3 is 0 Å². The number of thiazole rings is 1. The lowest BCUT2D eigenvalue weighted by Gasteiger charge is -2.35. The number of anilines is 5. The van der Waals surface area contributed by atoms with Crippen molar-refractivity contribution in [3.63, 3.8) is 0 Å². The summed E-state index contributed by atoms with van der Waals surface area (Å²) in [6, 6.07) is 10.8. The van der Waals surface area contributed by atoms with Crippen LogP contribution in [0.3, 0.4) is 0 Å². The Balaban J connectivity index is 0.679. The number of rotatable bonds is 27. The number of ketones is 1. The van der Waals surface area contributed by atoms with Crippen LogP contribution in [-0.2, 0) is 33.3 Å². The third-order valence-corrected chi connectivity index (χ3v) is 13.9. The minimum atomic E-state index is -0.345. The average molecular weight is 981 g/mol. The highest BCUT2D eigenvalue weighted by Gasteiger charge is 2.39. The monoisotopic (exact) mass is 980 g/mol. The second kappa shape index (κ2) is 26.5. The van der Waals surface area contributed by atoms with Crippen LogP contribution in [0.4, 0.5) is 28.3 Å². The molecule has 1 aromatic carbocycles. The fraction of sp³-hybridized carbons (Fsp3) is 0.529. The summed E-state index contributed by atoms with van der Waals surface area (Å²) in [5, 5.41) is 12.3. The molecule has 1 aliphatic heterocycles. The Morgan fingerprint density at radius 1 is 0.800 bits per heavy atom. The van der Waals surface area contributed by atoms with Crippen LogP contribution in [0.25, 0.3) is 6.08 Å². The lowest BCUT2D eigenvalue weighted by atomic mass is 9.80. The summed E-state index contributed by atoms with van der Waals surface area (Å²) in [6.07, 6.45) is 11.3. The van der Waals surface area contributed by atoms with Crippen molar-refractivity contribution in [2.45, 2.75) is 72.1 Å². The Bertz CT molecular complexity index is 2380. The highest BCUT2D eigenvalue weighted by Crippen LogP contribution is 2.47. The van der Waals surface area contributed by atoms with E-state index in [0.29, 0.717) is 93.4 Å². The van der Waals surface area contributed by atoms with E-state index >= 15 is 0 Å². The van der Waals surface area contributed by atoms with Gasteiger partial charge in [-0.3, -0.25) is 29.4 Å². The fourth-order valence-corrected chi connectivity index (χ4v) is 9.57. The van der Waals surface area contributed by atoms with Gasteiger partial charge in [-0.2, -0.15) is 0 Å². The normalized spacial score (nSPS) is 16.4. The number of Topliss-reactive ketones (excluding diaryl/α,β-unsaturated/α-hetero) is 1. The Morgan fingerprint density at radius 2 is 1.50 bits per heavy atom. The summed E-state index contributed by atoms with van der Waals surface area (Å²) in [6.45, 7) is 14.6. The second-order valence-corrected chi connectivity index (χ2v) is 19.1. The van der Waals surface area contributed by atoms with Gasteiger partial charge in [0.1, 0.15) is 5.82 Å². The van der Waals surface area contributed by atoms with Crippen molar-refractivity contribution in [3.8, 4) is 0 Å². The number of hydrogen-bond acceptors (Lipinski definition) is 16. The molecular weight excluding hydrogens is 913 g/mol. The number of amides is 3. The van der Waals surface area contributed by atoms with E-state index in [9.17, 15) is 19.2 Å². The predicted octanol–water partition coefficient (Wildman–Crippen LogP) is 6.56. The average Bonchev–Trinajstić information content (AvgIpc) is 4.11. The van der Waals surface area contributed by atoms with Gasteiger partial charge in [-0.25, -0.2) is 19.9 Å². The second-order valence-electron chi connectivity index (χ2n) is 17.9. The number of nitrogens with one attached hydrogen (secondary N) is 4. The van der Waals surface area contributed by atoms with Crippen LogP contribution in [0.2, 0.25) is 0 Å². The number of nitrogens with zero attached hydrogens (tertiary/aromatic N) is 6. The first kappa shape index (κ1) is 52.1. The van der Waals surface area contributed by atoms with Crippen molar-refractivity contribution in [1.82, 2.24) is 30.2 Å². The molecule has 4 N–H and O–H groups in total. The van der Waals surface area contributed by atoms with E-state index < -0.39 is 0 Å². The Morgan fingerprint density at radius 3 is 2.17 bits per heavy atom. The van der Waals surface area contributed by atoms with Crippen LogP contribution in [0.1, 0.15) is 90.5 Å². The number of carbonyl (C=O) groups is 4. The summed E-state index contributed by atoms with van der Waals surface area (Å²) >= 11 is 1.40. The van der Waals surface area contributed by atoms with E-state index in [0.717, 1.165) is 78.5 Å². The third kappa shape index (κ3) is 14.9. The first-order chi connectivity index (χ1) is 34.1. The van der Waals surface area contributed by atoms with Crippen molar-refractivity contribution in [2.24, 2.45) is 11.8 Å². The maximum absolute atomic E-state index is 13.4. The van der Waals surface area contributed by atoms with E-state index in [2.05, 4.69) is 52.9 Å². The number of allylic oxidation sites excluding steroid dienone is 1. The maximum atomic E-state index is 13.4. The van der Waals surface area contributed by atoms with Crippen molar-refractivity contribution in [3.05, 3.63) is 81.8 Å². The molecule has 2 atom stereocenters. The fourth-order valence-electron chi connectivity index (χ4n) is 8.76. The van der Waals surface area contributed by atoms with Gasteiger partial charge in [0.25, 0.3) is 5.91 Å². The van der Waals surface area contributed by atoms with Gasteiger partial charge in [0, 0.05) is 66.8 Å². The van der Waals surface area contributed by atoms with E-state index in [1.807, 2.05) is 51.4 Å². The Hall–Kier alpha value is -5.70. The molecular formula is C51H68N10O8S. The number of para-hydroxylation sites is 1. The minimum Gasteiger partial charge on any atom is -0.379 e. The lowest BCUT2D eigenvalue weighted by molar-refractivity contribution is -0.122. The van der Waals surface area contributed by atoms with Gasteiger partial charge in [0.15, 0.2) is 10.9 Å². The molecule has 1 saturated heterocycles. The van der Waals surface area contributed by atoms with Crippen LogP contribution < -0.4 is 26.2 Å². The van der Waals surface area contributed by atoms with Crippen molar-refractivity contribution in [1.29, 1.82) is 0 Å². The zero-order valence-corrected chi connectivity index (χ0v) is 41.7. The molecule has 3 aliphatic rings. The largest absolute Gasteiger partial charge is 0.379 e. The quantitative estimate of drug-likeness (QED) is 0.0466. The smallest absolute Gasteiger partial charge is 0.259 e. The molecule has 2 aliphatic carbocycles. The summed E-state index contributed by atoms with van der Waals surface area (Å²) in [5.74, 6) is 1.18. The minimum absolute atomic E-state index is 0.00945. The number of hydrogen-bond donors (Lipinski definition) is 4. The molecule has 4 aromatic rings. The van der Waals surface area contributed by atoms with Gasteiger partial charge in [-0.1, -0.05) is 38.8 Å². The standard InChI is InChI=1S/C51H68N10O8S/c1-5-34(2)48(64)41-30-38-31-54-50(58-47(38)46(41)37-10-6-7-11-37)57-43-15-14-39(32-53-43)61-20-18-60(19-21-61)33-45(63)52-17-23-67-25-27-69-29-28-68-26-24-66-22-16-44(62)56-42-13-9-8-12-40(42)49(65)59-51-55-35(3)36(4)70-51/h8-9,12-15,30-32,34,37,46H,5-7,10-11,16-29,33H2,1-4H3,(H,52,63)(H,56,62)(H,55,59,65)(H,53,54,57,58). The number of piperazine rings is 1. The molecule has 0 bridgehead atoms. The van der Waals surface area contributed by atoms with E-state index in [4.69, 9.17) is 23.9 Å². The van der Waals surface area contributed by atoms with Gasteiger partial charge in [0.05, 0.1) is 100 Å². The van der Waals surface area contributed by atoms with Gasteiger partial charge in [-0.15, -0.1) is 11.3 Å². The first-order valence-corrected chi connectivity index (χ1v) is 25.4. The SMILES string of the molecule is CCC(C)C(=O)C1=Cc2cnc(Nc3ccc(N4CCN(CC(=O)NCCOCCOCCOCCOCCC(=O)Nc5ccccc5C(=O)Nc5nc(C)c(C)s5)CC4)cn3)nc2C1C1CCCC1. The Labute approximate surface area is 414 Å². The zero-order valence-electron chi connectivity index (χ0n) is 40.9. The van der Waals surface area contributed by atoms with E-state index in [1.54, 1.807) is 24.3 Å². The van der Waals surface area contributed by atoms with Crippen LogP contribution in [0.5, 0.6) is 0 Å². The molecule has 0 radical (unpaired) electrons. The van der Waals surface area contributed by atoms with Crippen LogP contribution in [0, 0.1) is 25.7 Å². The molecule has 2 fully saturated rings. The van der Waals surface area contributed by atoms with Gasteiger partial charge in [-0.05, 0) is 69.4 Å². The molecule has 18 nitrogen and oxygen atoms in total. The topological polar surface area (TPSA) is 211 Å². The zero-order chi connectivity index (χ0) is 49.2.